The van der Waals surface area contributed by atoms with Crippen molar-refractivity contribution in [2.75, 3.05) is 6.61 Å². The summed E-state index contributed by atoms with van der Waals surface area (Å²) in [6.07, 6.45) is 6.30. The number of aryl methyl sites for hydroxylation is 1. The Hall–Kier alpha value is -2.30. The number of aromatic amines is 1. The first kappa shape index (κ1) is 17.1. The minimum Gasteiger partial charge on any atom is -0.450 e. The Kier molecular flexibility index (Phi) is 6.20. The van der Waals surface area contributed by atoms with E-state index in [1.165, 1.54) is 0 Å². The van der Waals surface area contributed by atoms with Gasteiger partial charge >= 0.3 is 6.09 Å². The normalized spacial score (nSPS) is 11.2. The average molecular weight is 315 g/mol. The van der Waals surface area contributed by atoms with E-state index in [9.17, 15) is 4.79 Å². The number of nitrogens with zero attached hydrogens (tertiary/aromatic N) is 1. The first-order valence-electron chi connectivity index (χ1n) is 8.18. The molecule has 2 aromatic rings. The van der Waals surface area contributed by atoms with Crippen LogP contribution in [0, 0.1) is 0 Å². The van der Waals surface area contributed by atoms with Crippen molar-refractivity contribution in [2.45, 2.75) is 45.1 Å². The number of hydrogen-bond acceptors (Lipinski definition) is 3. The predicted molar refractivity (Wildman–Crippen MR) is 90.1 cm³/mol. The molecule has 0 radical (unpaired) electrons. The lowest BCUT2D eigenvalue weighted by Crippen LogP contribution is -2.45. The van der Waals surface area contributed by atoms with E-state index in [1.807, 2.05) is 30.3 Å². The van der Waals surface area contributed by atoms with Crippen molar-refractivity contribution in [1.82, 2.24) is 15.3 Å². The first-order chi connectivity index (χ1) is 11.2. The van der Waals surface area contributed by atoms with E-state index in [0.717, 1.165) is 36.9 Å². The number of carbonyl (C=O) groups excluding carboxylic acids is 1. The minimum atomic E-state index is -0.373. The van der Waals surface area contributed by atoms with Gasteiger partial charge in [0.2, 0.25) is 0 Å². The number of H-pyrrole nitrogens is 1. The molecular weight excluding hydrogens is 290 g/mol. The molecule has 124 valence electrons. The summed E-state index contributed by atoms with van der Waals surface area (Å²) < 4.78 is 5.34. The molecule has 0 unspecified atom stereocenters. The number of ether oxygens (including phenoxy) is 1. The molecule has 0 aliphatic rings. The van der Waals surface area contributed by atoms with Crippen LogP contribution in [0.5, 0.6) is 0 Å². The zero-order valence-corrected chi connectivity index (χ0v) is 13.8. The Morgan fingerprint density at radius 1 is 1.26 bits per heavy atom. The topological polar surface area (TPSA) is 67.0 Å². The molecule has 1 aromatic heterocycles. The second-order valence-corrected chi connectivity index (χ2v) is 5.60. The second kappa shape index (κ2) is 8.36. The standard InChI is InChI=1S/C18H25N3O2/c1-3-18(4-2,15-9-6-5-7-10-15)21-17(22)23-12-8-11-16-13-19-14-20-16/h5-7,9-10,13-14H,3-4,8,11-12H2,1-2H3,(H,19,20)(H,21,22). The summed E-state index contributed by atoms with van der Waals surface area (Å²) in [5.41, 5.74) is 1.79. The number of nitrogens with one attached hydrogen (secondary N) is 2. The fourth-order valence-electron chi connectivity index (χ4n) is 2.74. The Morgan fingerprint density at radius 2 is 2.00 bits per heavy atom. The van der Waals surface area contributed by atoms with Crippen LogP contribution in [-0.2, 0) is 16.7 Å². The van der Waals surface area contributed by atoms with E-state index < -0.39 is 0 Å². The first-order valence-corrected chi connectivity index (χ1v) is 8.18. The Balaban J connectivity index is 1.86. The Labute approximate surface area is 137 Å². The molecule has 1 amide bonds. The Morgan fingerprint density at radius 3 is 2.61 bits per heavy atom. The van der Waals surface area contributed by atoms with Crippen molar-refractivity contribution < 1.29 is 9.53 Å². The maximum absolute atomic E-state index is 12.2. The van der Waals surface area contributed by atoms with Gasteiger partial charge in [0.15, 0.2) is 0 Å². The van der Waals surface area contributed by atoms with Crippen molar-refractivity contribution >= 4 is 6.09 Å². The van der Waals surface area contributed by atoms with Crippen LogP contribution < -0.4 is 5.32 Å². The summed E-state index contributed by atoms with van der Waals surface area (Å²) in [6, 6.07) is 10.1. The van der Waals surface area contributed by atoms with Crippen molar-refractivity contribution in [3.05, 3.63) is 54.1 Å². The highest BCUT2D eigenvalue weighted by Crippen LogP contribution is 2.28. The number of amides is 1. The zero-order chi connectivity index (χ0) is 16.5. The molecule has 0 fully saturated rings. The van der Waals surface area contributed by atoms with Gasteiger partial charge in [-0.3, -0.25) is 0 Å². The van der Waals surface area contributed by atoms with Crippen LogP contribution in [0.25, 0.3) is 0 Å². The van der Waals surface area contributed by atoms with Gasteiger partial charge in [0, 0.05) is 11.9 Å². The third-order valence-electron chi connectivity index (χ3n) is 4.25. The van der Waals surface area contributed by atoms with E-state index in [4.69, 9.17) is 4.74 Å². The van der Waals surface area contributed by atoms with E-state index in [1.54, 1.807) is 12.5 Å². The lowest BCUT2D eigenvalue weighted by molar-refractivity contribution is 0.128. The van der Waals surface area contributed by atoms with E-state index in [0.29, 0.717) is 6.61 Å². The van der Waals surface area contributed by atoms with Crippen molar-refractivity contribution in [1.29, 1.82) is 0 Å². The summed E-state index contributed by atoms with van der Waals surface area (Å²) in [7, 11) is 0. The summed E-state index contributed by atoms with van der Waals surface area (Å²) >= 11 is 0. The molecule has 0 spiro atoms. The van der Waals surface area contributed by atoms with Crippen LogP contribution in [-0.4, -0.2) is 22.7 Å². The lowest BCUT2D eigenvalue weighted by Gasteiger charge is -2.33. The number of benzene rings is 1. The molecule has 2 N–H and O–H groups in total. The molecule has 1 heterocycles. The smallest absolute Gasteiger partial charge is 0.407 e. The highest BCUT2D eigenvalue weighted by molar-refractivity contribution is 5.68. The number of hydrogen-bond donors (Lipinski definition) is 2. The minimum absolute atomic E-state index is 0.359. The Bertz CT molecular complexity index is 578. The van der Waals surface area contributed by atoms with Gasteiger partial charge in [-0.1, -0.05) is 44.2 Å². The third kappa shape index (κ3) is 4.58. The van der Waals surface area contributed by atoms with Crippen LogP contribution >= 0.6 is 0 Å². The van der Waals surface area contributed by atoms with Crippen LogP contribution in [0.3, 0.4) is 0 Å². The van der Waals surface area contributed by atoms with Gasteiger partial charge in [0.05, 0.1) is 18.5 Å². The van der Waals surface area contributed by atoms with E-state index in [-0.39, 0.29) is 11.6 Å². The second-order valence-electron chi connectivity index (χ2n) is 5.60. The summed E-state index contributed by atoms with van der Waals surface area (Å²) in [5, 5.41) is 3.06. The average Bonchev–Trinajstić information content (AvgIpc) is 3.11. The molecule has 0 bridgehead atoms. The molecule has 0 saturated heterocycles. The van der Waals surface area contributed by atoms with Gasteiger partial charge in [0.1, 0.15) is 0 Å². The molecule has 0 atom stereocenters. The van der Waals surface area contributed by atoms with Crippen molar-refractivity contribution in [3.63, 3.8) is 0 Å². The van der Waals surface area contributed by atoms with Crippen LogP contribution in [0.1, 0.15) is 44.4 Å². The fraction of sp³-hybridized carbons (Fsp3) is 0.444. The number of alkyl carbamates (subject to hydrolysis) is 1. The largest absolute Gasteiger partial charge is 0.450 e. The molecule has 2 rings (SSSR count). The monoisotopic (exact) mass is 315 g/mol. The van der Waals surface area contributed by atoms with Crippen LogP contribution in [0.4, 0.5) is 4.79 Å². The van der Waals surface area contributed by atoms with Crippen LogP contribution in [0.2, 0.25) is 0 Å². The quantitative estimate of drug-likeness (QED) is 0.728. The van der Waals surface area contributed by atoms with E-state index in [2.05, 4.69) is 29.1 Å². The summed E-state index contributed by atoms with van der Waals surface area (Å²) in [5.74, 6) is 0. The van der Waals surface area contributed by atoms with Gasteiger partial charge in [0.25, 0.3) is 0 Å². The maximum atomic E-state index is 12.2. The number of aromatic nitrogens is 2. The molecule has 5 heteroatoms. The van der Waals surface area contributed by atoms with Gasteiger partial charge in [-0.25, -0.2) is 9.78 Å². The molecule has 0 aliphatic carbocycles. The fourth-order valence-corrected chi connectivity index (χ4v) is 2.74. The van der Waals surface area contributed by atoms with E-state index >= 15 is 0 Å². The number of rotatable bonds is 8. The van der Waals surface area contributed by atoms with Gasteiger partial charge < -0.3 is 15.0 Å². The molecule has 0 aliphatic heterocycles. The summed E-state index contributed by atoms with van der Waals surface area (Å²) in [6.45, 7) is 4.55. The lowest BCUT2D eigenvalue weighted by atomic mass is 9.85. The van der Waals surface area contributed by atoms with Crippen molar-refractivity contribution in [2.24, 2.45) is 0 Å². The zero-order valence-electron chi connectivity index (χ0n) is 13.8. The molecule has 0 saturated carbocycles. The third-order valence-corrected chi connectivity index (χ3v) is 4.25. The number of carbonyl (C=O) groups is 1. The van der Waals surface area contributed by atoms with Crippen molar-refractivity contribution in [3.8, 4) is 0 Å². The van der Waals surface area contributed by atoms with Gasteiger partial charge in [-0.15, -0.1) is 0 Å². The number of imidazole rings is 1. The SMILES string of the molecule is CCC(CC)(NC(=O)OCCCc1cnc[nH]1)c1ccccc1. The predicted octanol–water partition coefficient (Wildman–Crippen LogP) is 3.78. The molecule has 1 aromatic carbocycles. The van der Waals surface area contributed by atoms with Crippen LogP contribution in [0.15, 0.2) is 42.9 Å². The van der Waals surface area contributed by atoms with Gasteiger partial charge in [-0.05, 0) is 31.2 Å². The molecule has 23 heavy (non-hydrogen) atoms. The molecule has 5 nitrogen and oxygen atoms in total. The van der Waals surface area contributed by atoms with Gasteiger partial charge in [-0.2, -0.15) is 0 Å². The highest BCUT2D eigenvalue weighted by atomic mass is 16.5. The summed E-state index contributed by atoms with van der Waals surface area (Å²) in [4.78, 5) is 19.2. The maximum Gasteiger partial charge on any atom is 0.407 e. The highest BCUT2D eigenvalue weighted by Gasteiger charge is 2.30. The molecular formula is C18H25N3O2.